The van der Waals surface area contributed by atoms with Crippen LogP contribution in [0.1, 0.15) is 21.5 Å². The van der Waals surface area contributed by atoms with E-state index in [9.17, 15) is 9.59 Å². The van der Waals surface area contributed by atoms with Crippen LogP contribution in [0.4, 0.5) is 11.4 Å². The van der Waals surface area contributed by atoms with Gasteiger partial charge in [-0.25, -0.2) is 4.79 Å². The maximum absolute atomic E-state index is 12.1. The fraction of sp³-hybridized carbons (Fsp3) is 0.222. The van der Waals surface area contributed by atoms with Gasteiger partial charge in [-0.1, -0.05) is 18.2 Å². The molecule has 0 saturated heterocycles. The Balaban J connectivity index is 1.97. The molecule has 0 spiro atoms. The highest BCUT2D eigenvalue weighted by molar-refractivity contribution is 5.95. The second kappa shape index (κ2) is 7.45. The number of esters is 1. The summed E-state index contributed by atoms with van der Waals surface area (Å²) in [4.78, 5) is 23.5. The maximum atomic E-state index is 12.1. The summed E-state index contributed by atoms with van der Waals surface area (Å²) in [5, 5.41) is 5.88. The summed E-state index contributed by atoms with van der Waals surface area (Å²) in [6, 6.07) is 12.6. The summed E-state index contributed by atoms with van der Waals surface area (Å²) < 4.78 is 4.67. The zero-order valence-electron chi connectivity index (χ0n) is 13.5. The first-order valence-electron chi connectivity index (χ1n) is 7.29. The van der Waals surface area contributed by atoms with Crippen LogP contribution in [-0.2, 0) is 9.53 Å². The number of carbonyl (C=O) groups is 2. The van der Waals surface area contributed by atoms with Crippen molar-refractivity contribution in [2.24, 2.45) is 0 Å². The highest BCUT2D eigenvalue weighted by Gasteiger charge is 2.08. The molecular weight excluding hydrogens is 292 g/mol. The molecule has 0 aromatic heterocycles. The Bertz CT molecular complexity index is 726. The predicted molar refractivity (Wildman–Crippen MR) is 90.8 cm³/mol. The van der Waals surface area contributed by atoms with Crippen molar-refractivity contribution < 1.29 is 14.3 Å². The molecule has 0 aliphatic carbocycles. The molecule has 23 heavy (non-hydrogen) atoms. The smallest absolute Gasteiger partial charge is 0.337 e. The SMILES string of the molecule is COC(=O)c1cccc(NCC(=O)Nc2cccc(C)c2C)c1. The van der Waals surface area contributed by atoms with Crippen LogP contribution in [0, 0.1) is 13.8 Å². The third-order valence-corrected chi connectivity index (χ3v) is 3.62. The second-order valence-electron chi connectivity index (χ2n) is 5.22. The lowest BCUT2D eigenvalue weighted by molar-refractivity contribution is -0.114. The van der Waals surface area contributed by atoms with Crippen LogP contribution in [0.3, 0.4) is 0 Å². The Morgan fingerprint density at radius 3 is 2.57 bits per heavy atom. The summed E-state index contributed by atoms with van der Waals surface area (Å²) >= 11 is 0. The number of carbonyl (C=O) groups excluding carboxylic acids is 2. The van der Waals surface area contributed by atoms with E-state index < -0.39 is 5.97 Å². The summed E-state index contributed by atoms with van der Waals surface area (Å²) in [5.41, 5.74) is 4.10. The molecule has 0 unspecified atom stereocenters. The highest BCUT2D eigenvalue weighted by atomic mass is 16.5. The lowest BCUT2D eigenvalue weighted by Gasteiger charge is -2.11. The third kappa shape index (κ3) is 4.32. The van der Waals surface area contributed by atoms with Crippen LogP contribution in [0.25, 0.3) is 0 Å². The Kier molecular flexibility index (Phi) is 5.36. The van der Waals surface area contributed by atoms with Crippen LogP contribution in [0.15, 0.2) is 42.5 Å². The van der Waals surface area contributed by atoms with Crippen molar-refractivity contribution in [1.29, 1.82) is 0 Å². The molecule has 0 fully saturated rings. The van der Waals surface area contributed by atoms with E-state index in [4.69, 9.17) is 0 Å². The van der Waals surface area contributed by atoms with E-state index in [0.29, 0.717) is 11.3 Å². The number of amides is 1. The van der Waals surface area contributed by atoms with E-state index in [1.165, 1.54) is 7.11 Å². The molecular formula is C18H20N2O3. The van der Waals surface area contributed by atoms with Crippen molar-refractivity contribution in [2.45, 2.75) is 13.8 Å². The van der Waals surface area contributed by atoms with Crippen molar-refractivity contribution in [3.63, 3.8) is 0 Å². The van der Waals surface area contributed by atoms with Crippen LogP contribution < -0.4 is 10.6 Å². The standard InChI is InChI=1S/C18H20N2O3/c1-12-6-4-9-16(13(12)2)20-17(21)11-19-15-8-5-7-14(10-15)18(22)23-3/h4-10,19H,11H2,1-3H3,(H,20,21). The Morgan fingerprint density at radius 1 is 1.09 bits per heavy atom. The Morgan fingerprint density at radius 2 is 1.83 bits per heavy atom. The molecule has 5 nitrogen and oxygen atoms in total. The largest absolute Gasteiger partial charge is 0.465 e. The molecule has 1 amide bonds. The molecule has 0 aliphatic heterocycles. The summed E-state index contributed by atoms with van der Waals surface area (Å²) in [5.74, 6) is -0.560. The van der Waals surface area contributed by atoms with E-state index in [1.807, 2.05) is 32.0 Å². The fourth-order valence-electron chi connectivity index (χ4n) is 2.14. The number of anilines is 2. The van der Waals surface area contributed by atoms with Crippen LogP contribution >= 0.6 is 0 Å². The van der Waals surface area contributed by atoms with E-state index in [0.717, 1.165) is 16.8 Å². The summed E-state index contributed by atoms with van der Waals surface area (Å²) in [6.07, 6.45) is 0. The third-order valence-electron chi connectivity index (χ3n) is 3.62. The summed E-state index contributed by atoms with van der Waals surface area (Å²) in [7, 11) is 1.33. The number of methoxy groups -OCH3 is 1. The van der Waals surface area contributed by atoms with Crippen molar-refractivity contribution in [2.75, 3.05) is 24.3 Å². The van der Waals surface area contributed by atoms with Gasteiger partial charge in [0.25, 0.3) is 0 Å². The van der Waals surface area contributed by atoms with Gasteiger partial charge in [0.2, 0.25) is 5.91 Å². The molecule has 0 bridgehead atoms. The Labute approximate surface area is 135 Å². The number of aryl methyl sites for hydroxylation is 1. The van der Waals surface area contributed by atoms with Gasteiger partial charge in [-0.3, -0.25) is 4.79 Å². The zero-order valence-corrected chi connectivity index (χ0v) is 13.5. The van der Waals surface area contributed by atoms with Gasteiger partial charge in [-0.2, -0.15) is 0 Å². The molecule has 0 saturated carbocycles. The van der Waals surface area contributed by atoms with Gasteiger partial charge < -0.3 is 15.4 Å². The Hall–Kier alpha value is -2.82. The molecule has 2 rings (SSSR count). The van der Waals surface area contributed by atoms with Gasteiger partial charge in [0.05, 0.1) is 19.2 Å². The molecule has 2 N–H and O–H groups in total. The van der Waals surface area contributed by atoms with E-state index in [-0.39, 0.29) is 12.5 Å². The lowest BCUT2D eigenvalue weighted by atomic mass is 10.1. The number of benzene rings is 2. The molecule has 2 aromatic rings. The van der Waals surface area contributed by atoms with Crippen molar-refractivity contribution >= 4 is 23.3 Å². The van der Waals surface area contributed by atoms with E-state index >= 15 is 0 Å². The normalized spacial score (nSPS) is 10.0. The number of hydrogen-bond donors (Lipinski definition) is 2. The first-order chi connectivity index (χ1) is 11.0. The lowest BCUT2D eigenvalue weighted by Crippen LogP contribution is -2.22. The molecule has 0 heterocycles. The van der Waals surface area contributed by atoms with Crippen LogP contribution in [0.2, 0.25) is 0 Å². The van der Waals surface area contributed by atoms with Gasteiger partial charge in [0.1, 0.15) is 0 Å². The van der Waals surface area contributed by atoms with Gasteiger partial charge >= 0.3 is 5.97 Å². The highest BCUT2D eigenvalue weighted by Crippen LogP contribution is 2.18. The quantitative estimate of drug-likeness (QED) is 0.832. The predicted octanol–water partition coefficient (Wildman–Crippen LogP) is 3.14. The molecule has 0 radical (unpaired) electrons. The topological polar surface area (TPSA) is 67.4 Å². The first kappa shape index (κ1) is 16.5. The van der Waals surface area contributed by atoms with Crippen molar-refractivity contribution in [1.82, 2.24) is 0 Å². The molecule has 120 valence electrons. The minimum absolute atomic E-state index is 0.109. The van der Waals surface area contributed by atoms with Gasteiger partial charge in [0.15, 0.2) is 0 Å². The average Bonchev–Trinajstić information content (AvgIpc) is 2.56. The fourth-order valence-corrected chi connectivity index (χ4v) is 2.14. The number of ether oxygens (including phenoxy) is 1. The van der Waals surface area contributed by atoms with Gasteiger partial charge in [-0.15, -0.1) is 0 Å². The van der Waals surface area contributed by atoms with Crippen molar-refractivity contribution in [3.8, 4) is 0 Å². The number of rotatable bonds is 5. The van der Waals surface area contributed by atoms with Crippen LogP contribution in [0.5, 0.6) is 0 Å². The van der Waals surface area contributed by atoms with Gasteiger partial charge in [-0.05, 0) is 49.2 Å². The first-order valence-corrected chi connectivity index (χ1v) is 7.29. The number of nitrogens with one attached hydrogen (secondary N) is 2. The van der Waals surface area contributed by atoms with E-state index in [2.05, 4.69) is 15.4 Å². The summed E-state index contributed by atoms with van der Waals surface area (Å²) in [6.45, 7) is 4.08. The monoisotopic (exact) mass is 312 g/mol. The zero-order chi connectivity index (χ0) is 16.8. The van der Waals surface area contributed by atoms with Gasteiger partial charge in [0, 0.05) is 11.4 Å². The van der Waals surface area contributed by atoms with Crippen LogP contribution in [-0.4, -0.2) is 25.5 Å². The molecule has 0 aliphatic rings. The molecule has 0 atom stereocenters. The van der Waals surface area contributed by atoms with E-state index in [1.54, 1.807) is 24.3 Å². The minimum atomic E-state index is -0.409. The number of hydrogen-bond acceptors (Lipinski definition) is 4. The minimum Gasteiger partial charge on any atom is -0.465 e. The molecule has 2 aromatic carbocycles. The van der Waals surface area contributed by atoms with Crippen molar-refractivity contribution in [3.05, 3.63) is 59.2 Å². The second-order valence-corrected chi connectivity index (χ2v) is 5.22. The maximum Gasteiger partial charge on any atom is 0.337 e. The average molecular weight is 312 g/mol. The molecule has 5 heteroatoms.